The van der Waals surface area contributed by atoms with E-state index in [1.807, 2.05) is 6.07 Å². The van der Waals surface area contributed by atoms with E-state index in [-0.39, 0.29) is 5.54 Å². The molecule has 1 aromatic rings. The first-order chi connectivity index (χ1) is 7.09. The van der Waals surface area contributed by atoms with E-state index in [9.17, 15) is 0 Å². The van der Waals surface area contributed by atoms with Gasteiger partial charge >= 0.3 is 0 Å². The van der Waals surface area contributed by atoms with E-state index >= 15 is 0 Å². The van der Waals surface area contributed by atoms with Crippen LogP contribution in [0, 0.1) is 6.92 Å². The highest BCUT2D eigenvalue weighted by atomic mass is 16.3. The molecule has 0 bridgehead atoms. The number of furan rings is 1. The number of nitrogens with one attached hydrogen (secondary N) is 1. The molecule has 15 heavy (non-hydrogen) atoms. The number of hydrogen-bond acceptors (Lipinski definition) is 3. The lowest BCUT2D eigenvalue weighted by Crippen LogP contribution is -2.57. The van der Waals surface area contributed by atoms with Crippen LogP contribution in [0.1, 0.15) is 25.2 Å². The van der Waals surface area contributed by atoms with E-state index in [4.69, 9.17) is 4.42 Å². The van der Waals surface area contributed by atoms with Gasteiger partial charge in [0, 0.05) is 25.2 Å². The number of rotatable bonds is 2. The van der Waals surface area contributed by atoms with E-state index in [1.54, 1.807) is 6.26 Å². The second-order valence-electron chi connectivity index (χ2n) is 4.94. The highest BCUT2D eigenvalue weighted by molar-refractivity contribution is 5.14. The normalized spacial score (nSPS) is 21.8. The minimum atomic E-state index is 0.220. The van der Waals surface area contributed by atoms with Gasteiger partial charge in [-0.3, -0.25) is 4.90 Å². The largest absolute Gasteiger partial charge is 0.468 e. The maximum absolute atomic E-state index is 5.50. The highest BCUT2D eigenvalue weighted by Gasteiger charge is 2.30. The first-order valence-corrected chi connectivity index (χ1v) is 5.58. The molecule has 0 atom stereocenters. The van der Waals surface area contributed by atoms with Gasteiger partial charge in [0.15, 0.2) is 0 Å². The molecule has 3 nitrogen and oxygen atoms in total. The first kappa shape index (κ1) is 10.7. The molecule has 0 amide bonds. The summed E-state index contributed by atoms with van der Waals surface area (Å²) in [5, 5.41) is 3.43. The molecule has 0 radical (unpaired) electrons. The van der Waals surface area contributed by atoms with Crippen molar-refractivity contribution in [2.24, 2.45) is 0 Å². The summed E-state index contributed by atoms with van der Waals surface area (Å²) < 4.78 is 5.50. The van der Waals surface area contributed by atoms with Crippen LogP contribution in [0.15, 0.2) is 16.7 Å². The summed E-state index contributed by atoms with van der Waals surface area (Å²) in [6, 6.07) is 2.03. The zero-order valence-electron chi connectivity index (χ0n) is 9.84. The van der Waals surface area contributed by atoms with Crippen molar-refractivity contribution in [3.05, 3.63) is 23.7 Å². The van der Waals surface area contributed by atoms with Crippen molar-refractivity contribution in [1.82, 2.24) is 10.2 Å². The number of piperazine rings is 1. The second-order valence-corrected chi connectivity index (χ2v) is 4.94. The molecule has 0 unspecified atom stereocenters. The van der Waals surface area contributed by atoms with Crippen molar-refractivity contribution >= 4 is 0 Å². The molecule has 1 saturated heterocycles. The molecule has 1 aliphatic rings. The van der Waals surface area contributed by atoms with Gasteiger partial charge in [-0.05, 0) is 32.4 Å². The van der Waals surface area contributed by atoms with Crippen LogP contribution in [-0.4, -0.2) is 30.1 Å². The Labute approximate surface area is 91.4 Å². The zero-order valence-corrected chi connectivity index (χ0v) is 9.84. The van der Waals surface area contributed by atoms with Crippen molar-refractivity contribution < 1.29 is 4.42 Å². The summed E-state index contributed by atoms with van der Waals surface area (Å²) in [7, 11) is 0. The molecular weight excluding hydrogens is 188 g/mol. The highest BCUT2D eigenvalue weighted by Crippen LogP contribution is 2.21. The lowest BCUT2D eigenvalue weighted by atomic mass is 10.00. The van der Waals surface area contributed by atoms with Crippen LogP contribution in [0.5, 0.6) is 0 Å². The average molecular weight is 208 g/mol. The van der Waals surface area contributed by atoms with Crippen LogP contribution < -0.4 is 5.32 Å². The lowest BCUT2D eigenvalue weighted by Gasteiger charge is -2.42. The molecule has 0 spiro atoms. The molecule has 1 N–H and O–H groups in total. The minimum Gasteiger partial charge on any atom is -0.468 e. The molecule has 0 saturated carbocycles. The predicted octanol–water partition coefficient (Wildman–Crippen LogP) is 1.77. The Bertz CT molecular complexity index is 330. The Morgan fingerprint density at radius 1 is 1.53 bits per heavy atom. The summed E-state index contributed by atoms with van der Waals surface area (Å²) >= 11 is 0. The number of nitrogens with zero attached hydrogens (tertiary/aromatic N) is 1. The minimum absolute atomic E-state index is 0.220. The van der Waals surface area contributed by atoms with Gasteiger partial charge in [-0.2, -0.15) is 0 Å². The number of aryl methyl sites for hydroxylation is 1. The van der Waals surface area contributed by atoms with Crippen molar-refractivity contribution in [2.45, 2.75) is 32.9 Å². The molecule has 3 heteroatoms. The monoisotopic (exact) mass is 208 g/mol. The Morgan fingerprint density at radius 3 is 2.93 bits per heavy atom. The summed E-state index contributed by atoms with van der Waals surface area (Å²) in [6.45, 7) is 10.8. The fraction of sp³-hybridized carbons (Fsp3) is 0.667. The van der Waals surface area contributed by atoms with E-state index in [0.717, 1.165) is 31.9 Å². The molecule has 2 rings (SSSR count). The maximum atomic E-state index is 5.50. The van der Waals surface area contributed by atoms with E-state index in [1.165, 1.54) is 5.56 Å². The van der Waals surface area contributed by atoms with Crippen molar-refractivity contribution in [3.8, 4) is 0 Å². The van der Waals surface area contributed by atoms with Gasteiger partial charge in [0.2, 0.25) is 0 Å². The van der Waals surface area contributed by atoms with Crippen molar-refractivity contribution in [2.75, 3.05) is 19.6 Å². The van der Waals surface area contributed by atoms with Gasteiger partial charge < -0.3 is 9.73 Å². The summed E-state index contributed by atoms with van der Waals surface area (Å²) in [5.74, 6) is 1.10. The molecule has 1 aliphatic heterocycles. The fourth-order valence-electron chi connectivity index (χ4n) is 2.06. The van der Waals surface area contributed by atoms with Crippen LogP contribution in [0.25, 0.3) is 0 Å². The Hall–Kier alpha value is -0.800. The van der Waals surface area contributed by atoms with Crippen molar-refractivity contribution in [1.29, 1.82) is 0 Å². The van der Waals surface area contributed by atoms with Crippen LogP contribution in [0.3, 0.4) is 0 Å². The zero-order chi connectivity index (χ0) is 10.9. The molecule has 2 heterocycles. The average Bonchev–Trinajstić information content (AvgIpc) is 2.56. The molecule has 1 fully saturated rings. The predicted molar refractivity (Wildman–Crippen MR) is 60.8 cm³/mol. The number of hydrogen-bond donors (Lipinski definition) is 1. The summed E-state index contributed by atoms with van der Waals surface area (Å²) in [5.41, 5.74) is 1.47. The van der Waals surface area contributed by atoms with Crippen molar-refractivity contribution in [3.63, 3.8) is 0 Å². The van der Waals surface area contributed by atoms with Gasteiger partial charge in [0.05, 0.1) is 12.8 Å². The van der Waals surface area contributed by atoms with Gasteiger partial charge in [0.1, 0.15) is 5.76 Å². The smallest absolute Gasteiger partial charge is 0.120 e. The Kier molecular flexibility index (Phi) is 2.85. The maximum Gasteiger partial charge on any atom is 0.120 e. The second kappa shape index (κ2) is 3.99. The topological polar surface area (TPSA) is 28.4 Å². The standard InChI is InChI=1S/C12H20N2O/c1-10-4-7-15-11(10)8-14-6-5-13-9-12(14,2)3/h4,7,13H,5-6,8-9H2,1-3H3. The Balaban J connectivity index is 2.07. The molecule has 84 valence electrons. The molecule has 0 aromatic carbocycles. The van der Waals surface area contributed by atoms with Gasteiger partial charge in [0.25, 0.3) is 0 Å². The van der Waals surface area contributed by atoms with Crippen LogP contribution >= 0.6 is 0 Å². The van der Waals surface area contributed by atoms with E-state index in [0.29, 0.717) is 0 Å². The first-order valence-electron chi connectivity index (χ1n) is 5.58. The van der Waals surface area contributed by atoms with E-state index in [2.05, 4.69) is 31.0 Å². The van der Waals surface area contributed by atoms with Crippen LogP contribution in [-0.2, 0) is 6.54 Å². The fourth-order valence-corrected chi connectivity index (χ4v) is 2.06. The van der Waals surface area contributed by atoms with Crippen LogP contribution in [0.4, 0.5) is 0 Å². The SMILES string of the molecule is Cc1ccoc1CN1CCNCC1(C)C. The third-order valence-corrected chi connectivity index (χ3v) is 3.27. The third-order valence-electron chi connectivity index (χ3n) is 3.27. The molecular formula is C12H20N2O. The van der Waals surface area contributed by atoms with Gasteiger partial charge in [-0.25, -0.2) is 0 Å². The third kappa shape index (κ3) is 2.24. The molecule has 1 aromatic heterocycles. The summed E-state index contributed by atoms with van der Waals surface area (Å²) in [4.78, 5) is 2.48. The Morgan fingerprint density at radius 2 is 2.33 bits per heavy atom. The van der Waals surface area contributed by atoms with Gasteiger partial charge in [-0.1, -0.05) is 0 Å². The lowest BCUT2D eigenvalue weighted by molar-refractivity contribution is 0.0751. The molecule has 0 aliphatic carbocycles. The van der Waals surface area contributed by atoms with Gasteiger partial charge in [-0.15, -0.1) is 0 Å². The quantitative estimate of drug-likeness (QED) is 0.803. The van der Waals surface area contributed by atoms with Crippen LogP contribution in [0.2, 0.25) is 0 Å². The van der Waals surface area contributed by atoms with E-state index < -0.39 is 0 Å². The summed E-state index contributed by atoms with van der Waals surface area (Å²) in [6.07, 6.45) is 1.78.